The molecule has 0 saturated carbocycles. The molecule has 2 heterocycles. The number of oxazole rings is 1. The molecule has 0 spiro atoms. The zero-order chi connectivity index (χ0) is 15.6. The molecule has 9 heteroatoms. The molecule has 1 aromatic heterocycles. The van der Waals surface area contributed by atoms with Crippen molar-refractivity contribution in [2.45, 2.75) is 37.9 Å². The predicted molar refractivity (Wildman–Crippen MR) is 67.8 cm³/mol. The first-order valence-electron chi connectivity index (χ1n) is 6.54. The molecule has 1 aromatic rings. The van der Waals surface area contributed by atoms with Crippen LogP contribution in [0.15, 0.2) is 4.42 Å². The van der Waals surface area contributed by atoms with Crippen LogP contribution < -0.4 is 0 Å². The maximum Gasteiger partial charge on any atom is 0.376 e. The lowest BCUT2D eigenvalue weighted by Gasteiger charge is -2.19. The highest BCUT2D eigenvalue weighted by atomic mass is 32.2. The van der Waals surface area contributed by atoms with Crippen molar-refractivity contribution in [2.24, 2.45) is 0 Å². The second-order valence-electron chi connectivity index (χ2n) is 4.64. The zero-order valence-electron chi connectivity index (χ0n) is 11.3. The summed E-state index contributed by atoms with van der Waals surface area (Å²) >= 11 is 0. The Bertz CT molecular complexity index is 626. The van der Waals surface area contributed by atoms with Gasteiger partial charge in [0.15, 0.2) is 15.5 Å². The van der Waals surface area contributed by atoms with E-state index in [4.69, 9.17) is 4.42 Å². The van der Waals surface area contributed by atoms with Crippen LogP contribution in [0, 0.1) is 0 Å². The van der Waals surface area contributed by atoms with Gasteiger partial charge in [-0.25, -0.2) is 27.0 Å². The van der Waals surface area contributed by atoms with Gasteiger partial charge in [0.1, 0.15) is 5.25 Å². The molecule has 0 bridgehead atoms. The minimum absolute atomic E-state index is 0.0146. The van der Waals surface area contributed by atoms with Crippen molar-refractivity contribution in [2.75, 3.05) is 12.4 Å². The number of rotatable bonds is 4. The molecule has 118 valence electrons. The summed E-state index contributed by atoms with van der Waals surface area (Å²) in [5.41, 5.74) is -0.871. The monoisotopic (exact) mass is 323 g/mol. The van der Waals surface area contributed by atoms with E-state index in [1.54, 1.807) is 0 Å². The molecule has 0 amide bonds. The Morgan fingerprint density at radius 1 is 1.48 bits per heavy atom. The average Bonchev–Trinajstić information content (AvgIpc) is 2.83. The Morgan fingerprint density at radius 3 is 2.76 bits per heavy atom. The summed E-state index contributed by atoms with van der Waals surface area (Å²) in [6, 6.07) is 0. The summed E-state index contributed by atoms with van der Waals surface area (Å²) in [7, 11) is -3.50. The Kier molecular flexibility index (Phi) is 4.60. The van der Waals surface area contributed by atoms with Gasteiger partial charge < -0.3 is 9.15 Å². The van der Waals surface area contributed by atoms with Crippen molar-refractivity contribution in [3.8, 4) is 0 Å². The van der Waals surface area contributed by atoms with Crippen LogP contribution in [0.1, 0.15) is 60.0 Å². The maximum atomic E-state index is 12.9. The molecule has 2 rings (SSSR count). The zero-order valence-corrected chi connectivity index (χ0v) is 12.2. The van der Waals surface area contributed by atoms with Crippen LogP contribution in [-0.4, -0.2) is 31.7 Å². The van der Waals surface area contributed by atoms with Crippen LogP contribution in [0.2, 0.25) is 0 Å². The Morgan fingerprint density at radius 2 is 2.19 bits per heavy atom. The summed E-state index contributed by atoms with van der Waals surface area (Å²) in [4.78, 5) is 15.1. The molecule has 1 fully saturated rings. The Labute approximate surface area is 120 Å². The summed E-state index contributed by atoms with van der Waals surface area (Å²) in [5, 5.41) is -1.08. The molecular weight excluding hydrogens is 308 g/mol. The number of halogens is 2. The first kappa shape index (κ1) is 15.9. The van der Waals surface area contributed by atoms with Gasteiger partial charge in [-0.15, -0.1) is 0 Å². The van der Waals surface area contributed by atoms with Crippen LogP contribution in [-0.2, 0) is 14.6 Å². The van der Waals surface area contributed by atoms with Crippen molar-refractivity contribution in [1.29, 1.82) is 0 Å². The molecule has 0 N–H and O–H groups in total. The lowest BCUT2D eigenvalue weighted by Crippen LogP contribution is -2.21. The number of hydrogen-bond donors (Lipinski definition) is 0. The van der Waals surface area contributed by atoms with E-state index in [0.29, 0.717) is 12.8 Å². The molecule has 1 saturated heterocycles. The van der Waals surface area contributed by atoms with E-state index in [9.17, 15) is 22.0 Å². The van der Waals surface area contributed by atoms with E-state index in [1.165, 1.54) is 6.92 Å². The van der Waals surface area contributed by atoms with Crippen molar-refractivity contribution >= 4 is 15.8 Å². The first-order valence-corrected chi connectivity index (χ1v) is 8.25. The highest BCUT2D eigenvalue weighted by Gasteiger charge is 2.37. The summed E-state index contributed by atoms with van der Waals surface area (Å²) in [6.07, 6.45) is -1.65. The fourth-order valence-corrected chi connectivity index (χ4v) is 4.03. The van der Waals surface area contributed by atoms with E-state index >= 15 is 0 Å². The Balaban J connectivity index is 2.41. The Hall–Kier alpha value is -1.51. The van der Waals surface area contributed by atoms with E-state index in [1.807, 2.05) is 0 Å². The van der Waals surface area contributed by atoms with Gasteiger partial charge in [0.05, 0.1) is 12.4 Å². The van der Waals surface area contributed by atoms with Crippen molar-refractivity contribution in [3.05, 3.63) is 17.3 Å². The van der Waals surface area contributed by atoms with Crippen LogP contribution in [0.25, 0.3) is 0 Å². The van der Waals surface area contributed by atoms with Gasteiger partial charge in [-0.2, -0.15) is 0 Å². The number of hydrogen-bond acceptors (Lipinski definition) is 6. The normalized spacial score (nSPS) is 21.4. The maximum absolute atomic E-state index is 12.9. The third kappa shape index (κ3) is 3.22. The minimum Gasteiger partial charge on any atom is -0.460 e. The van der Waals surface area contributed by atoms with Gasteiger partial charge in [0.25, 0.3) is 6.43 Å². The number of ether oxygens (including phenoxy) is 1. The second-order valence-corrected chi connectivity index (χ2v) is 6.94. The fraction of sp³-hybridized carbons (Fsp3) is 0.667. The molecule has 1 aliphatic heterocycles. The lowest BCUT2D eigenvalue weighted by molar-refractivity contribution is 0.0473. The van der Waals surface area contributed by atoms with Crippen LogP contribution in [0.5, 0.6) is 0 Å². The molecule has 1 atom stereocenters. The third-order valence-electron chi connectivity index (χ3n) is 3.19. The molecule has 0 radical (unpaired) electrons. The number of esters is 1. The third-order valence-corrected chi connectivity index (χ3v) is 5.35. The van der Waals surface area contributed by atoms with Crippen LogP contribution in [0.3, 0.4) is 0 Å². The van der Waals surface area contributed by atoms with E-state index in [0.717, 1.165) is 0 Å². The largest absolute Gasteiger partial charge is 0.460 e. The quantitative estimate of drug-likeness (QED) is 0.791. The molecule has 0 aliphatic carbocycles. The van der Waals surface area contributed by atoms with Crippen LogP contribution in [0.4, 0.5) is 8.78 Å². The average molecular weight is 323 g/mol. The summed E-state index contributed by atoms with van der Waals surface area (Å²) < 4.78 is 59.4. The first-order chi connectivity index (χ1) is 9.86. The van der Waals surface area contributed by atoms with E-state index in [2.05, 4.69) is 9.72 Å². The lowest BCUT2D eigenvalue weighted by atomic mass is 10.2. The SMILES string of the molecule is CCOC(=O)c1oc(C2CCCCS2(=O)=O)nc1C(F)F. The number of aromatic nitrogens is 1. The second kappa shape index (κ2) is 6.08. The summed E-state index contributed by atoms with van der Waals surface area (Å²) in [6.45, 7) is 1.50. The molecule has 1 aliphatic rings. The van der Waals surface area contributed by atoms with Crippen molar-refractivity contribution < 1.29 is 31.1 Å². The smallest absolute Gasteiger partial charge is 0.376 e. The standard InChI is InChI=1S/C12H15F2NO5S/c1-2-19-12(16)9-8(10(13)14)15-11(20-9)7-5-3-4-6-21(7,17)18/h7,10H,2-6H2,1H3. The molecule has 0 aromatic carbocycles. The van der Waals surface area contributed by atoms with Gasteiger partial charge in [-0.1, -0.05) is 6.42 Å². The number of sulfone groups is 1. The number of nitrogens with zero attached hydrogens (tertiary/aromatic N) is 1. The van der Waals surface area contributed by atoms with Gasteiger partial charge >= 0.3 is 5.97 Å². The van der Waals surface area contributed by atoms with Gasteiger partial charge in [0, 0.05) is 0 Å². The van der Waals surface area contributed by atoms with Gasteiger partial charge in [-0.3, -0.25) is 0 Å². The summed E-state index contributed by atoms with van der Waals surface area (Å²) in [5.74, 6) is -2.19. The fourth-order valence-electron chi connectivity index (χ4n) is 2.21. The topological polar surface area (TPSA) is 86.5 Å². The van der Waals surface area contributed by atoms with E-state index in [-0.39, 0.29) is 24.7 Å². The van der Waals surface area contributed by atoms with Crippen molar-refractivity contribution in [3.63, 3.8) is 0 Å². The van der Waals surface area contributed by atoms with Gasteiger partial charge in [0.2, 0.25) is 11.7 Å². The number of carbonyl (C=O) groups is 1. The molecule has 6 nitrogen and oxygen atoms in total. The molecular formula is C12H15F2NO5S. The van der Waals surface area contributed by atoms with Crippen LogP contribution >= 0.6 is 0 Å². The predicted octanol–water partition coefficient (Wildman–Crippen LogP) is 2.43. The van der Waals surface area contributed by atoms with Crippen molar-refractivity contribution in [1.82, 2.24) is 4.98 Å². The number of carbonyl (C=O) groups excluding carboxylic acids is 1. The highest BCUT2D eigenvalue weighted by Crippen LogP contribution is 2.35. The highest BCUT2D eigenvalue weighted by molar-refractivity contribution is 7.91. The number of alkyl halides is 2. The molecule has 21 heavy (non-hydrogen) atoms. The minimum atomic E-state index is -3.50. The molecule has 1 unspecified atom stereocenters. The van der Waals surface area contributed by atoms with E-state index < -0.39 is 38.9 Å². The van der Waals surface area contributed by atoms with Gasteiger partial charge in [-0.05, 0) is 19.8 Å².